The third-order valence-corrected chi connectivity index (χ3v) is 5.00. The van der Waals surface area contributed by atoms with E-state index < -0.39 is 0 Å². The minimum absolute atomic E-state index is 0. The molecule has 0 unspecified atom stereocenters. The van der Waals surface area contributed by atoms with Gasteiger partial charge in [0, 0.05) is 31.0 Å². The quantitative estimate of drug-likeness (QED) is 0.790. The summed E-state index contributed by atoms with van der Waals surface area (Å²) in [6.07, 6.45) is 4.04. The number of pyridine rings is 1. The van der Waals surface area contributed by atoms with Crippen LogP contribution in [-0.2, 0) is 12.8 Å². The highest BCUT2D eigenvalue weighted by atomic mass is 35.5. The number of piperidine rings is 1. The van der Waals surface area contributed by atoms with Gasteiger partial charge in [0.1, 0.15) is 11.6 Å². The average molecular weight is 392 g/mol. The summed E-state index contributed by atoms with van der Waals surface area (Å²) in [5.74, 6) is 3.21. The van der Waals surface area contributed by atoms with E-state index >= 15 is 0 Å². The van der Waals surface area contributed by atoms with Gasteiger partial charge < -0.3 is 14.6 Å². The number of thioether (sulfide) groups is 1. The molecule has 1 N–H and O–H groups in total. The topological polar surface area (TPSA) is 64.9 Å². The number of methoxy groups -OCH3 is 1. The van der Waals surface area contributed by atoms with Crippen molar-refractivity contribution in [3.05, 3.63) is 29.8 Å². The molecule has 1 aliphatic heterocycles. The molecule has 0 aliphatic carbocycles. The molecule has 1 saturated heterocycles. The first kappa shape index (κ1) is 21.0. The van der Waals surface area contributed by atoms with Crippen LogP contribution in [0.5, 0.6) is 5.75 Å². The SMILES string of the molecule is COc1ccnc(CSc2nnc(C3CCNCC3)n2C)c1.Cl.Cl. The number of hydrogen-bond donors (Lipinski definition) is 1. The molecule has 2 aromatic rings. The molecule has 2 aromatic heterocycles. The summed E-state index contributed by atoms with van der Waals surface area (Å²) in [6, 6.07) is 3.81. The van der Waals surface area contributed by atoms with Gasteiger partial charge in [-0.25, -0.2) is 0 Å². The fraction of sp³-hybridized carbons (Fsp3) is 0.533. The Morgan fingerprint density at radius 1 is 1.29 bits per heavy atom. The fourth-order valence-electron chi connectivity index (χ4n) is 2.69. The molecule has 0 aromatic carbocycles. The van der Waals surface area contributed by atoms with Gasteiger partial charge >= 0.3 is 0 Å². The van der Waals surface area contributed by atoms with E-state index in [4.69, 9.17) is 4.74 Å². The Morgan fingerprint density at radius 2 is 2.04 bits per heavy atom. The van der Waals surface area contributed by atoms with Crippen LogP contribution in [0.1, 0.15) is 30.3 Å². The molecule has 0 saturated carbocycles. The molecule has 0 amide bonds. The normalized spacial score (nSPS) is 14.6. The van der Waals surface area contributed by atoms with E-state index in [1.807, 2.05) is 12.1 Å². The molecule has 0 radical (unpaired) electrons. The number of ether oxygens (including phenoxy) is 1. The summed E-state index contributed by atoms with van der Waals surface area (Å²) < 4.78 is 7.35. The molecule has 1 fully saturated rings. The summed E-state index contributed by atoms with van der Waals surface area (Å²) >= 11 is 1.66. The smallest absolute Gasteiger partial charge is 0.191 e. The molecule has 0 spiro atoms. The predicted molar refractivity (Wildman–Crippen MR) is 101 cm³/mol. The van der Waals surface area contributed by atoms with E-state index in [0.717, 1.165) is 54.1 Å². The number of nitrogens with one attached hydrogen (secondary N) is 1. The highest BCUT2D eigenvalue weighted by Gasteiger charge is 2.21. The summed E-state index contributed by atoms with van der Waals surface area (Å²) in [7, 11) is 3.72. The molecule has 0 atom stereocenters. The molecule has 6 nitrogen and oxygen atoms in total. The molecular weight excluding hydrogens is 369 g/mol. The van der Waals surface area contributed by atoms with Gasteiger partial charge in [0.05, 0.1) is 12.8 Å². The van der Waals surface area contributed by atoms with Crippen molar-refractivity contribution < 1.29 is 4.74 Å². The lowest BCUT2D eigenvalue weighted by molar-refractivity contribution is 0.413. The van der Waals surface area contributed by atoms with Crippen molar-refractivity contribution in [2.24, 2.45) is 7.05 Å². The maximum absolute atomic E-state index is 5.23. The summed E-state index contributed by atoms with van der Waals surface area (Å²) in [5.41, 5.74) is 0.982. The first-order valence-corrected chi connectivity index (χ1v) is 8.48. The highest BCUT2D eigenvalue weighted by molar-refractivity contribution is 7.98. The largest absolute Gasteiger partial charge is 0.497 e. The van der Waals surface area contributed by atoms with Crippen LogP contribution < -0.4 is 10.1 Å². The summed E-state index contributed by atoms with van der Waals surface area (Å²) in [6.45, 7) is 2.13. The minimum atomic E-state index is 0. The minimum Gasteiger partial charge on any atom is -0.497 e. The first-order chi connectivity index (χ1) is 10.8. The maximum Gasteiger partial charge on any atom is 0.191 e. The van der Waals surface area contributed by atoms with Gasteiger partial charge in [-0.1, -0.05) is 11.8 Å². The van der Waals surface area contributed by atoms with Crippen LogP contribution >= 0.6 is 36.6 Å². The maximum atomic E-state index is 5.23. The third kappa shape index (κ3) is 4.99. The Morgan fingerprint density at radius 3 is 2.75 bits per heavy atom. The second kappa shape index (κ2) is 10.1. The Balaban J connectivity index is 0.00000144. The van der Waals surface area contributed by atoms with Crippen LogP contribution in [0, 0.1) is 0 Å². The molecule has 3 heterocycles. The van der Waals surface area contributed by atoms with Crippen molar-refractivity contribution in [1.82, 2.24) is 25.1 Å². The van der Waals surface area contributed by atoms with Gasteiger partial charge in [0.2, 0.25) is 0 Å². The van der Waals surface area contributed by atoms with E-state index in [0.29, 0.717) is 5.92 Å². The Bertz CT molecular complexity index is 634. The summed E-state index contributed by atoms with van der Waals surface area (Å²) in [4.78, 5) is 4.36. The van der Waals surface area contributed by atoms with E-state index in [2.05, 4.69) is 32.1 Å². The van der Waals surface area contributed by atoms with Crippen LogP contribution in [-0.4, -0.2) is 39.9 Å². The van der Waals surface area contributed by atoms with Crippen LogP contribution in [0.15, 0.2) is 23.5 Å². The molecule has 134 valence electrons. The van der Waals surface area contributed by atoms with Crippen LogP contribution in [0.3, 0.4) is 0 Å². The molecule has 0 bridgehead atoms. The zero-order valence-electron chi connectivity index (χ0n) is 13.8. The average Bonchev–Trinajstić information content (AvgIpc) is 2.95. The van der Waals surface area contributed by atoms with Crippen LogP contribution in [0.4, 0.5) is 0 Å². The first-order valence-electron chi connectivity index (χ1n) is 7.49. The van der Waals surface area contributed by atoms with Gasteiger partial charge in [-0.05, 0) is 32.0 Å². The number of hydrogen-bond acceptors (Lipinski definition) is 6. The number of nitrogens with zero attached hydrogens (tertiary/aromatic N) is 4. The Kier molecular flexibility index (Phi) is 8.83. The zero-order valence-corrected chi connectivity index (χ0v) is 16.2. The zero-order chi connectivity index (χ0) is 15.4. The molecule has 9 heteroatoms. The van der Waals surface area contributed by atoms with Gasteiger partial charge in [-0.3, -0.25) is 4.98 Å². The lowest BCUT2D eigenvalue weighted by Crippen LogP contribution is -2.27. The Labute approximate surface area is 159 Å². The number of rotatable bonds is 5. The Hall–Kier alpha value is -1.02. The van der Waals surface area contributed by atoms with Crippen molar-refractivity contribution in [1.29, 1.82) is 0 Å². The van der Waals surface area contributed by atoms with Crippen molar-refractivity contribution in [3.8, 4) is 5.75 Å². The monoisotopic (exact) mass is 391 g/mol. The lowest BCUT2D eigenvalue weighted by atomic mass is 9.97. The van der Waals surface area contributed by atoms with Gasteiger partial charge in [0.25, 0.3) is 0 Å². The van der Waals surface area contributed by atoms with Crippen molar-refractivity contribution in [2.75, 3.05) is 20.2 Å². The second-order valence-corrected chi connectivity index (χ2v) is 6.34. The van der Waals surface area contributed by atoms with Gasteiger partial charge in [0.15, 0.2) is 5.16 Å². The van der Waals surface area contributed by atoms with E-state index in [9.17, 15) is 0 Å². The standard InChI is InChI=1S/C15H21N5OS.2ClH/c1-20-14(11-3-6-16-7-4-11)18-19-15(20)22-10-12-9-13(21-2)5-8-17-12;;/h5,8-9,11,16H,3-4,6-7,10H2,1-2H3;2*1H. The predicted octanol–water partition coefficient (Wildman–Crippen LogP) is 2.82. The second-order valence-electron chi connectivity index (χ2n) is 5.40. The molecule has 3 rings (SSSR count). The van der Waals surface area contributed by atoms with Crippen molar-refractivity contribution in [2.45, 2.75) is 29.7 Å². The molecular formula is C15H23Cl2N5OS. The fourth-order valence-corrected chi connectivity index (χ4v) is 3.51. The highest BCUT2D eigenvalue weighted by Crippen LogP contribution is 2.27. The van der Waals surface area contributed by atoms with E-state index in [-0.39, 0.29) is 24.8 Å². The number of aromatic nitrogens is 4. The summed E-state index contributed by atoms with van der Waals surface area (Å²) in [5, 5.41) is 13.1. The van der Waals surface area contributed by atoms with Gasteiger partial charge in [-0.2, -0.15) is 0 Å². The third-order valence-electron chi connectivity index (χ3n) is 3.95. The molecule has 1 aliphatic rings. The van der Waals surface area contributed by atoms with Crippen LogP contribution in [0.25, 0.3) is 0 Å². The van der Waals surface area contributed by atoms with E-state index in [1.165, 1.54) is 0 Å². The van der Waals surface area contributed by atoms with Crippen LogP contribution in [0.2, 0.25) is 0 Å². The lowest BCUT2D eigenvalue weighted by Gasteiger charge is -2.21. The van der Waals surface area contributed by atoms with Crippen molar-refractivity contribution in [3.63, 3.8) is 0 Å². The molecule has 24 heavy (non-hydrogen) atoms. The van der Waals surface area contributed by atoms with Crippen molar-refractivity contribution >= 4 is 36.6 Å². The number of halogens is 2. The van der Waals surface area contributed by atoms with E-state index in [1.54, 1.807) is 25.1 Å². The van der Waals surface area contributed by atoms with Gasteiger partial charge in [-0.15, -0.1) is 35.0 Å².